The van der Waals surface area contributed by atoms with E-state index in [1.807, 2.05) is 31.2 Å². The van der Waals surface area contributed by atoms with Crippen molar-refractivity contribution in [1.29, 1.82) is 0 Å². The van der Waals surface area contributed by atoms with Crippen molar-refractivity contribution in [2.24, 2.45) is 5.92 Å². The van der Waals surface area contributed by atoms with Crippen molar-refractivity contribution < 1.29 is 14.3 Å². The standard InChI is InChI=1S/C21H26ClN3O3/c1-4-28-21(27)17-6-5-11-24(13-17)20(26)18-15(3)23-25(19(18)22)12-16-9-7-14(2)8-10-16/h7-10,17H,4-6,11-13H2,1-3H3. The van der Waals surface area contributed by atoms with Gasteiger partial charge in [-0.3, -0.25) is 9.59 Å². The van der Waals surface area contributed by atoms with Crippen LogP contribution in [0.2, 0.25) is 5.15 Å². The number of hydrogen-bond donors (Lipinski definition) is 0. The summed E-state index contributed by atoms with van der Waals surface area (Å²) in [5, 5.41) is 4.81. The zero-order valence-corrected chi connectivity index (χ0v) is 17.3. The average molecular weight is 404 g/mol. The molecule has 2 heterocycles. The number of likely N-dealkylation sites (tertiary alicyclic amines) is 1. The van der Waals surface area contributed by atoms with Gasteiger partial charge in [0, 0.05) is 13.1 Å². The molecule has 2 aromatic rings. The van der Waals surface area contributed by atoms with Crippen molar-refractivity contribution in [3.05, 3.63) is 51.8 Å². The van der Waals surface area contributed by atoms with E-state index >= 15 is 0 Å². The van der Waals surface area contributed by atoms with Gasteiger partial charge < -0.3 is 9.64 Å². The second kappa shape index (κ2) is 8.78. The molecule has 150 valence electrons. The van der Waals surface area contributed by atoms with Crippen LogP contribution in [-0.2, 0) is 16.1 Å². The molecule has 0 bridgehead atoms. The first kappa shape index (κ1) is 20.4. The van der Waals surface area contributed by atoms with Crippen LogP contribution in [0.4, 0.5) is 0 Å². The van der Waals surface area contributed by atoms with E-state index in [4.69, 9.17) is 16.3 Å². The molecule has 1 aromatic heterocycles. The number of amides is 1. The maximum atomic E-state index is 13.1. The molecular weight excluding hydrogens is 378 g/mol. The lowest BCUT2D eigenvalue weighted by molar-refractivity contribution is -0.149. The molecule has 0 spiro atoms. The Balaban J connectivity index is 1.77. The molecule has 0 saturated carbocycles. The van der Waals surface area contributed by atoms with Gasteiger partial charge in [0.25, 0.3) is 5.91 Å². The highest BCUT2D eigenvalue weighted by atomic mass is 35.5. The van der Waals surface area contributed by atoms with Gasteiger partial charge in [-0.15, -0.1) is 0 Å². The normalized spacial score (nSPS) is 16.9. The monoisotopic (exact) mass is 403 g/mol. The van der Waals surface area contributed by atoms with Gasteiger partial charge in [-0.1, -0.05) is 41.4 Å². The number of aromatic nitrogens is 2. The lowest BCUT2D eigenvalue weighted by atomic mass is 9.97. The van der Waals surface area contributed by atoms with Crippen molar-refractivity contribution in [3.8, 4) is 0 Å². The molecule has 1 saturated heterocycles. The first-order chi connectivity index (χ1) is 13.4. The summed E-state index contributed by atoms with van der Waals surface area (Å²) in [6, 6.07) is 8.13. The van der Waals surface area contributed by atoms with Crippen LogP contribution in [0.1, 0.15) is 46.9 Å². The smallest absolute Gasteiger partial charge is 0.310 e. The number of carbonyl (C=O) groups is 2. The summed E-state index contributed by atoms with van der Waals surface area (Å²) in [7, 11) is 0. The molecule has 0 aliphatic carbocycles. The van der Waals surface area contributed by atoms with Crippen LogP contribution in [-0.4, -0.2) is 46.3 Å². The number of benzene rings is 1. The molecule has 1 aromatic carbocycles. The zero-order chi connectivity index (χ0) is 20.3. The van der Waals surface area contributed by atoms with Gasteiger partial charge in [0.15, 0.2) is 0 Å². The van der Waals surface area contributed by atoms with Gasteiger partial charge in [-0.2, -0.15) is 5.10 Å². The van der Waals surface area contributed by atoms with Crippen molar-refractivity contribution in [2.75, 3.05) is 19.7 Å². The number of halogens is 1. The highest BCUT2D eigenvalue weighted by Gasteiger charge is 2.32. The fourth-order valence-electron chi connectivity index (χ4n) is 3.54. The maximum absolute atomic E-state index is 13.1. The summed E-state index contributed by atoms with van der Waals surface area (Å²) >= 11 is 6.53. The van der Waals surface area contributed by atoms with Gasteiger partial charge >= 0.3 is 5.97 Å². The lowest BCUT2D eigenvalue weighted by Gasteiger charge is -2.31. The molecule has 1 fully saturated rings. The Kier molecular flexibility index (Phi) is 6.39. The van der Waals surface area contributed by atoms with E-state index in [2.05, 4.69) is 5.10 Å². The summed E-state index contributed by atoms with van der Waals surface area (Å²) in [5.74, 6) is -0.691. The molecular formula is C21H26ClN3O3. The third-order valence-corrected chi connectivity index (χ3v) is 5.44. The van der Waals surface area contributed by atoms with Crippen LogP contribution in [0, 0.1) is 19.8 Å². The second-order valence-electron chi connectivity index (χ2n) is 7.24. The minimum Gasteiger partial charge on any atom is -0.466 e. The Morgan fingerprint density at radius 2 is 1.96 bits per heavy atom. The van der Waals surface area contributed by atoms with E-state index in [9.17, 15) is 9.59 Å². The summed E-state index contributed by atoms with van der Waals surface area (Å²) in [6.45, 7) is 7.42. The third kappa shape index (κ3) is 4.38. The molecule has 0 N–H and O–H groups in total. The summed E-state index contributed by atoms with van der Waals surface area (Å²) in [4.78, 5) is 26.9. The highest BCUT2D eigenvalue weighted by molar-refractivity contribution is 6.33. The van der Waals surface area contributed by atoms with E-state index in [1.165, 1.54) is 5.56 Å². The quantitative estimate of drug-likeness (QED) is 0.715. The summed E-state index contributed by atoms with van der Waals surface area (Å²) in [6.07, 6.45) is 1.51. The van der Waals surface area contributed by atoms with E-state index in [0.29, 0.717) is 42.7 Å². The molecule has 1 unspecified atom stereocenters. The molecule has 28 heavy (non-hydrogen) atoms. The highest BCUT2D eigenvalue weighted by Crippen LogP contribution is 2.26. The summed E-state index contributed by atoms with van der Waals surface area (Å²) in [5.41, 5.74) is 3.26. The van der Waals surface area contributed by atoms with Gasteiger partial charge in [-0.05, 0) is 39.2 Å². The van der Waals surface area contributed by atoms with Crippen LogP contribution < -0.4 is 0 Å². The Morgan fingerprint density at radius 3 is 2.64 bits per heavy atom. The third-order valence-electron chi connectivity index (χ3n) is 5.06. The number of aryl methyl sites for hydroxylation is 2. The van der Waals surface area contributed by atoms with Gasteiger partial charge in [0.1, 0.15) is 5.15 Å². The predicted molar refractivity (Wildman–Crippen MR) is 108 cm³/mol. The molecule has 7 heteroatoms. The molecule has 1 amide bonds. The fourth-order valence-corrected chi connectivity index (χ4v) is 3.85. The Morgan fingerprint density at radius 1 is 1.25 bits per heavy atom. The topological polar surface area (TPSA) is 64.4 Å². The Labute approximate surface area is 170 Å². The van der Waals surface area contributed by atoms with Crippen molar-refractivity contribution >= 4 is 23.5 Å². The first-order valence-electron chi connectivity index (χ1n) is 9.65. The second-order valence-corrected chi connectivity index (χ2v) is 7.59. The number of hydrogen-bond acceptors (Lipinski definition) is 4. The van der Waals surface area contributed by atoms with Crippen LogP contribution in [0.25, 0.3) is 0 Å². The van der Waals surface area contributed by atoms with Crippen LogP contribution in [0.3, 0.4) is 0 Å². The van der Waals surface area contributed by atoms with E-state index in [0.717, 1.165) is 18.4 Å². The van der Waals surface area contributed by atoms with Gasteiger partial charge in [-0.25, -0.2) is 4.68 Å². The molecule has 1 atom stereocenters. The largest absolute Gasteiger partial charge is 0.466 e. The average Bonchev–Trinajstić information content (AvgIpc) is 2.96. The molecule has 6 nitrogen and oxygen atoms in total. The molecule has 1 aliphatic rings. The van der Waals surface area contributed by atoms with E-state index in [1.54, 1.807) is 23.4 Å². The molecule has 3 rings (SSSR count). The van der Waals surface area contributed by atoms with Crippen molar-refractivity contribution in [3.63, 3.8) is 0 Å². The molecule has 1 aliphatic heterocycles. The minimum absolute atomic E-state index is 0.174. The number of rotatable bonds is 5. The van der Waals surface area contributed by atoms with E-state index in [-0.39, 0.29) is 17.8 Å². The summed E-state index contributed by atoms with van der Waals surface area (Å²) < 4.78 is 6.78. The number of nitrogens with zero attached hydrogens (tertiary/aromatic N) is 3. The van der Waals surface area contributed by atoms with E-state index < -0.39 is 0 Å². The fraction of sp³-hybridized carbons (Fsp3) is 0.476. The van der Waals surface area contributed by atoms with Crippen molar-refractivity contribution in [2.45, 2.75) is 40.2 Å². The van der Waals surface area contributed by atoms with Crippen molar-refractivity contribution in [1.82, 2.24) is 14.7 Å². The van der Waals surface area contributed by atoms with Crippen LogP contribution >= 0.6 is 11.6 Å². The minimum atomic E-state index is -0.278. The Hall–Kier alpha value is -2.34. The first-order valence-corrected chi connectivity index (χ1v) is 10.0. The predicted octanol–water partition coefficient (Wildman–Crippen LogP) is 3.62. The van der Waals surface area contributed by atoms with Gasteiger partial charge in [0.05, 0.1) is 30.3 Å². The SMILES string of the molecule is CCOC(=O)C1CCCN(C(=O)c2c(C)nn(Cc3ccc(C)cc3)c2Cl)C1. The van der Waals surface area contributed by atoms with Gasteiger partial charge in [0.2, 0.25) is 0 Å². The number of carbonyl (C=O) groups excluding carboxylic acids is 2. The zero-order valence-electron chi connectivity index (χ0n) is 16.6. The molecule has 0 radical (unpaired) electrons. The number of piperidine rings is 1. The van der Waals surface area contributed by atoms with Crippen LogP contribution in [0.5, 0.6) is 0 Å². The van der Waals surface area contributed by atoms with Crippen LogP contribution in [0.15, 0.2) is 24.3 Å². The number of ether oxygens (including phenoxy) is 1. The maximum Gasteiger partial charge on any atom is 0.310 e. The lowest BCUT2D eigenvalue weighted by Crippen LogP contribution is -2.43. The number of esters is 1. The Bertz CT molecular complexity index is 861.